The van der Waals surface area contributed by atoms with Gasteiger partial charge in [0.05, 0.1) is 12.6 Å². The fourth-order valence-corrected chi connectivity index (χ4v) is 2.34. The van der Waals surface area contributed by atoms with Crippen molar-refractivity contribution in [1.82, 2.24) is 25.1 Å². The van der Waals surface area contributed by atoms with Crippen LogP contribution in [-0.2, 0) is 11.3 Å². The van der Waals surface area contributed by atoms with Gasteiger partial charge in [0.1, 0.15) is 18.7 Å². The number of para-hydroxylation sites is 1. The van der Waals surface area contributed by atoms with E-state index in [2.05, 4.69) is 20.4 Å². The molecule has 7 nitrogen and oxygen atoms in total. The molecule has 0 saturated heterocycles. The van der Waals surface area contributed by atoms with Crippen molar-refractivity contribution in [3.63, 3.8) is 0 Å². The summed E-state index contributed by atoms with van der Waals surface area (Å²) < 4.78 is 6.74. The zero-order valence-electron chi connectivity index (χ0n) is 12.9. The van der Waals surface area contributed by atoms with Gasteiger partial charge in [0.15, 0.2) is 0 Å². The molecule has 0 saturated carbocycles. The average molecular weight is 311 g/mol. The number of carbonyl (C=O) groups excluding carboxylic acids is 1. The summed E-state index contributed by atoms with van der Waals surface area (Å²) in [5, 5.41) is 7.89. The normalized spacial score (nSPS) is 12.1. The summed E-state index contributed by atoms with van der Waals surface area (Å²) in [4.78, 5) is 20.5. The van der Waals surface area contributed by atoms with Gasteiger partial charge in [0.25, 0.3) is 0 Å². The van der Waals surface area contributed by atoms with E-state index in [-0.39, 0.29) is 5.91 Å². The number of pyridine rings is 1. The minimum absolute atomic E-state index is 0.129. The first kappa shape index (κ1) is 15.0. The highest BCUT2D eigenvalue weighted by atomic mass is 16.5. The van der Waals surface area contributed by atoms with E-state index in [1.54, 1.807) is 14.0 Å². The maximum absolute atomic E-state index is 12.3. The van der Waals surface area contributed by atoms with Gasteiger partial charge in [-0.15, -0.1) is 0 Å². The van der Waals surface area contributed by atoms with Crippen LogP contribution in [-0.4, -0.2) is 32.8 Å². The molecule has 3 aromatic rings. The minimum atomic E-state index is -0.424. The van der Waals surface area contributed by atoms with Crippen molar-refractivity contribution >= 4 is 16.8 Å². The SMILES string of the molecule is COc1cc(CNC(=O)[C@@H](C)n2cncn2)c2ccccc2n1. The Morgan fingerprint density at radius 3 is 2.96 bits per heavy atom. The van der Waals surface area contributed by atoms with E-state index in [0.29, 0.717) is 12.4 Å². The summed E-state index contributed by atoms with van der Waals surface area (Å²) in [6.07, 6.45) is 2.93. The van der Waals surface area contributed by atoms with E-state index in [1.807, 2.05) is 30.3 Å². The molecule has 2 aromatic heterocycles. The van der Waals surface area contributed by atoms with Crippen molar-refractivity contribution in [3.05, 3.63) is 48.5 Å². The average Bonchev–Trinajstić information content (AvgIpc) is 3.12. The monoisotopic (exact) mass is 311 g/mol. The third-order valence-corrected chi connectivity index (χ3v) is 3.65. The molecule has 2 heterocycles. The second-order valence-electron chi connectivity index (χ2n) is 5.11. The quantitative estimate of drug-likeness (QED) is 0.775. The molecular formula is C16H17N5O2. The van der Waals surface area contributed by atoms with Crippen LogP contribution in [0.2, 0.25) is 0 Å². The topological polar surface area (TPSA) is 81.9 Å². The highest BCUT2D eigenvalue weighted by Gasteiger charge is 2.15. The number of carbonyl (C=O) groups is 1. The molecular weight excluding hydrogens is 294 g/mol. The zero-order valence-corrected chi connectivity index (χ0v) is 12.9. The van der Waals surface area contributed by atoms with Gasteiger partial charge in [0.2, 0.25) is 11.8 Å². The molecule has 1 atom stereocenters. The van der Waals surface area contributed by atoms with Gasteiger partial charge in [-0.25, -0.2) is 14.6 Å². The maximum Gasteiger partial charge on any atom is 0.244 e. The van der Waals surface area contributed by atoms with Crippen molar-refractivity contribution < 1.29 is 9.53 Å². The van der Waals surface area contributed by atoms with Crippen molar-refractivity contribution in [2.45, 2.75) is 19.5 Å². The molecule has 0 spiro atoms. The molecule has 1 amide bonds. The summed E-state index contributed by atoms with van der Waals surface area (Å²) in [6.45, 7) is 2.16. The summed E-state index contributed by atoms with van der Waals surface area (Å²) in [7, 11) is 1.58. The van der Waals surface area contributed by atoms with Crippen LogP contribution in [0.4, 0.5) is 0 Å². The number of nitrogens with one attached hydrogen (secondary N) is 1. The number of hydrogen-bond donors (Lipinski definition) is 1. The van der Waals surface area contributed by atoms with Crippen LogP contribution < -0.4 is 10.1 Å². The van der Waals surface area contributed by atoms with Crippen molar-refractivity contribution in [3.8, 4) is 5.88 Å². The van der Waals surface area contributed by atoms with Gasteiger partial charge in [0, 0.05) is 18.0 Å². The van der Waals surface area contributed by atoms with Crippen LogP contribution in [0.5, 0.6) is 5.88 Å². The molecule has 1 aromatic carbocycles. The van der Waals surface area contributed by atoms with Crippen molar-refractivity contribution in [2.75, 3.05) is 7.11 Å². The predicted octanol–water partition coefficient (Wildman–Crippen LogP) is 1.71. The number of fused-ring (bicyclic) bond motifs is 1. The molecule has 23 heavy (non-hydrogen) atoms. The van der Waals surface area contributed by atoms with Gasteiger partial charge >= 0.3 is 0 Å². The van der Waals surface area contributed by atoms with Crippen molar-refractivity contribution in [1.29, 1.82) is 0 Å². The van der Waals surface area contributed by atoms with E-state index in [0.717, 1.165) is 16.5 Å². The molecule has 0 unspecified atom stereocenters. The Morgan fingerprint density at radius 2 is 2.22 bits per heavy atom. The number of amides is 1. The molecule has 0 radical (unpaired) electrons. The Balaban J connectivity index is 1.80. The Morgan fingerprint density at radius 1 is 1.39 bits per heavy atom. The van der Waals surface area contributed by atoms with Gasteiger partial charge in [-0.1, -0.05) is 18.2 Å². The lowest BCUT2D eigenvalue weighted by molar-refractivity contribution is -0.124. The predicted molar refractivity (Wildman–Crippen MR) is 84.9 cm³/mol. The summed E-state index contributed by atoms with van der Waals surface area (Å²) >= 11 is 0. The van der Waals surface area contributed by atoms with E-state index < -0.39 is 6.04 Å². The molecule has 0 fully saturated rings. The number of hydrogen-bond acceptors (Lipinski definition) is 5. The number of nitrogens with zero attached hydrogens (tertiary/aromatic N) is 4. The molecule has 0 aliphatic rings. The second kappa shape index (κ2) is 6.43. The molecule has 3 rings (SSSR count). The van der Waals surface area contributed by atoms with E-state index >= 15 is 0 Å². The van der Waals surface area contributed by atoms with Gasteiger partial charge < -0.3 is 10.1 Å². The Hall–Kier alpha value is -2.96. The summed E-state index contributed by atoms with van der Waals surface area (Å²) in [5.74, 6) is 0.396. The Labute approximate surface area is 133 Å². The first-order valence-electron chi connectivity index (χ1n) is 7.23. The van der Waals surface area contributed by atoms with E-state index in [9.17, 15) is 4.79 Å². The number of benzene rings is 1. The smallest absolute Gasteiger partial charge is 0.244 e. The van der Waals surface area contributed by atoms with Crippen LogP contribution in [0.15, 0.2) is 43.0 Å². The lowest BCUT2D eigenvalue weighted by Gasteiger charge is -2.13. The highest BCUT2D eigenvalue weighted by Crippen LogP contribution is 2.21. The first-order valence-corrected chi connectivity index (χ1v) is 7.23. The Bertz CT molecular complexity index is 816. The van der Waals surface area contributed by atoms with Crippen LogP contribution >= 0.6 is 0 Å². The molecule has 0 aliphatic heterocycles. The maximum atomic E-state index is 12.3. The van der Waals surface area contributed by atoms with E-state index in [4.69, 9.17) is 4.74 Å². The number of aromatic nitrogens is 4. The van der Waals surface area contributed by atoms with Crippen LogP contribution in [0.3, 0.4) is 0 Å². The van der Waals surface area contributed by atoms with Gasteiger partial charge in [-0.2, -0.15) is 5.10 Å². The number of methoxy groups -OCH3 is 1. The lowest BCUT2D eigenvalue weighted by atomic mass is 10.1. The number of ether oxygens (including phenoxy) is 1. The van der Waals surface area contributed by atoms with Gasteiger partial charge in [-0.05, 0) is 18.6 Å². The zero-order chi connectivity index (χ0) is 16.2. The largest absolute Gasteiger partial charge is 0.481 e. The Kier molecular flexibility index (Phi) is 4.18. The standard InChI is InChI=1S/C16H17N5O2/c1-11(21-10-17-9-19-21)16(22)18-8-12-7-15(23-2)20-14-6-4-3-5-13(12)14/h3-7,9-11H,8H2,1-2H3,(H,18,22)/t11-/m1/s1. The third kappa shape index (κ3) is 3.13. The molecule has 0 aliphatic carbocycles. The number of rotatable bonds is 5. The first-order chi connectivity index (χ1) is 11.2. The van der Waals surface area contributed by atoms with Crippen LogP contribution in [0.25, 0.3) is 10.9 Å². The highest BCUT2D eigenvalue weighted by molar-refractivity contribution is 5.84. The van der Waals surface area contributed by atoms with Crippen LogP contribution in [0.1, 0.15) is 18.5 Å². The van der Waals surface area contributed by atoms with Crippen LogP contribution in [0, 0.1) is 0 Å². The van der Waals surface area contributed by atoms with E-state index in [1.165, 1.54) is 17.3 Å². The van der Waals surface area contributed by atoms with Gasteiger partial charge in [-0.3, -0.25) is 4.79 Å². The molecule has 1 N–H and O–H groups in total. The fourth-order valence-electron chi connectivity index (χ4n) is 2.34. The lowest BCUT2D eigenvalue weighted by Crippen LogP contribution is -2.30. The molecule has 0 bridgehead atoms. The third-order valence-electron chi connectivity index (χ3n) is 3.65. The second-order valence-corrected chi connectivity index (χ2v) is 5.11. The fraction of sp³-hybridized carbons (Fsp3) is 0.250. The summed E-state index contributed by atoms with van der Waals surface area (Å²) in [6, 6.07) is 9.17. The van der Waals surface area contributed by atoms with Crippen molar-refractivity contribution in [2.24, 2.45) is 0 Å². The molecule has 7 heteroatoms. The minimum Gasteiger partial charge on any atom is -0.481 e. The molecule has 118 valence electrons. The summed E-state index contributed by atoms with van der Waals surface area (Å²) in [5.41, 5.74) is 1.78.